The summed E-state index contributed by atoms with van der Waals surface area (Å²) in [6.07, 6.45) is 8.03. The average molecular weight is 296 g/mol. The number of rotatable bonds is 2. The van der Waals surface area contributed by atoms with Crippen molar-refractivity contribution in [2.24, 2.45) is 5.92 Å². The van der Waals surface area contributed by atoms with E-state index in [9.17, 15) is 0 Å². The number of nitrogens with one attached hydrogen (secondary N) is 1. The maximum absolute atomic E-state index is 5.39. The molecule has 6 heteroatoms. The van der Waals surface area contributed by atoms with E-state index >= 15 is 0 Å². The van der Waals surface area contributed by atoms with Crippen LogP contribution in [0.25, 0.3) is 11.6 Å². The van der Waals surface area contributed by atoms with Crippen molar-refractivity contribution in [3.05, 3.63) is 24.3 Å². The van der Waals surface area contributed by atoms with Crippen molar-refractivity contribution in [3.63, 3.8) is 0 Å². The molecule has 1 saturated carbocycles. The number of hydrogen-bond acceptors (Lipinski definition) is 5. The number of nitrogens with zero attached hydrogens (tertiary/aromatic N) is 2. The Bertz CT molecular complexity index is 541. The monoisotopic (exact) mass is 295 g/mol. The molecule has 0 radical (unpaired) electrons. The van der Waals surface area contributed by atoms with Crippen LogP contribution in [0.4, 0.5) is 0 Å². The molecular weight excluding hydrogens is 278 g/mol. The first-order valence-corrected chi connectivity index (χ1v) is 7.04. The van der Waals surface area contributed by atoms with E-state index in [1.54, 1.807) is 6.26 Å². The molecule has 3 unspecified atom stereocenters. The molecule has 2 aromatic rings. The fraction of sp³-hybridized carbons (Fsp3) is 0.571. The summed E-state index contributed by atoms with van der Waals surface area (Å²) in [7, 11) is 0. The van der Waals surface area contributed by atoms with Crippen molar-refractivity contribution >= 4 is 12.4 Å². The molecule has 2 aliphatic rings. The number of aromatic nitrogens is 2. The number of halogens is 1. The first-order chi connectivity index (χ1) is 9.40. The second-order valence-corrected chi connectivity index (χ2v) is 5.54. The zero-order valence-corrected chi connectivity index (χ0v) is 11.9. The third-order valence-electron chi connectivity index (χ3n) is 4.34. The molecule has 0 aromatic carbocycles. The molecular formula is C14H18ClN3O2. The average Bonchev–Trinajstić information content (AvgIpc) is 3.17. The highest BCUT2D eigenvalue weighted by Gasteiger charge is 2.38. The number of hydrogen-bond donors (Lipinski definition) is 1. The van der Waals surface area contributed by atoms with Crippen molar-refractivity contribution in [2.45, 2.75) is 44.2 Å². The van der Waals surface area contributed by atoms with E-state index in [1.807, 2.05) is 12.1 Å². The van der Waals surface area contributed by atoms with Crippen LogP contribution in [0.3, 0.4) is 0 Å². The summed E-state index contributed by atoms with van der Waals surface area (Å²) in [5.41, 5.74) is 0. The molecule has 108 valence electrons. The minimum absolute atomic E-state index is 0. The van der Waals surface area contributed by atoms with Gasteiger partial charge in [0, 0.05) is 6.04 Å². The molecule has 0 amide bonds. The third kappa shape index (κ3) is 2.36. The van der Waals surface area contributed by atoms with Gasteiger partial charge in [-0.3, -0.25) is 0 Å². The Balaban J connectivity index is 0.00000121. The lowest BCUT2D eigenvalue weighted by atomic mass is 9.85. The Kier molecular flexibility index (Phi) is 3.81. The third-order valence-corrected chi connectivity index (χ3v) is 4.34. The van der Waals surface area contributed by atoms with Crippen LogP contribution in [-0.4, -0.2) is 16.2 Å². The Morgan fingerprint density at radius 3 is 2.95 bits per heavy atom. The molecule has 1 N–H and O–H groups in total. The van der Waals surface area contributed by atoms with E-state index in [2.05, 4.69) is 15.5 Å². The molecule has 2 fully saturated rings. The molecule has 0 bridgehead atoms. The summed E-state index contributed by atoms with van der Waals surface area (Å²) in [5.74, 6) is 2.67. The lowest BCUT2D eigenvalue weighted by Gasteiger charge is -2.24. The van der Waals surface area contributed by atoms with Gasteiger partial charge in [0.15, 0.2) is 5.76 Å². The van der Waals surface area contributed by atoms with E-state index in [-0.39, 0.29) is 18.4 Å². The fourth-order valence-electron chi connectivity index (χ4n) is 3.39. The highest BCUT2D eigenvalue weighted by atomic mass is 35.5. The van der Waals surface area contributed by atoms with Gasteiger partial charge in [0.1, 0.15) is 0 Å². The minimum atomic E-state index is 0. The second kappa shape index (κ2) is 5.58. The van der Waals surface area contributed by atoms with Crippen LogP contribution in [0.5, 0.6) is 0 Å². The van der Waals surface area contributed by atoms with E-state index in [0.29, 0.717) is 23.5 Å². The highest BCUT2D eigenvalue weighted by molar-refractivity contribution is 5.85. The van der Waals surface area contributed by atoms with Crippen LogP contribution in [0, 0.1) is 5.92 Å². The Labute approximate surface area is 123 Å². The second-order valence-electron chi connectivity index (χ2n) is 5.54. The van der Waals surface area contributed by atoms with Gasteiger partial charge in [-0.2, -0.15) is 4.98 Å². The van der Waals surface area contributed by atoms with E-state index in [0.717, 1.165) is 12.3 Å². The lowest BCUT2D eigenvalue weighted by Crippen LogP contribution is -2.30. The summed E-state index contributed by atoms with van der Waals surface area (Å²) in [5, 5.41) is 7.64. The van der Waals surface area contributed by atoms with E-state index in [4.69, 9.17) is 8.94 Å². The van der Waals surface area contributed by atoms with Crippen LogP contribution in [-0.2, 0) is 0 Å². The van der Waals surface area contributed by atoms with Gasteiger partial charge in [-0.05, 0) is 37.3 Å². The maximum Gasteiger partial charge on any atom is 0.244 e. The Morgan fingerprint density at radius 1 is 1.25 bits per heavy atom. The van der Waals surface area contributed by atoms with Gasteiger partial charge < -0.3 is 14.3 Å². The van der Waals surface area contributed by atoms with Crippen LogP contribution < -0.4 is 5.32 Å². The SMILES string of the molecule is Cl.c1coc(-c2noc(C3CC4CCCCC4N3)n2)c1. The van der Waals surface area contributed by atoms with Crippen molar-refractivity contribution in [3.8, 4) is 11.6 Å². The zero-order valence-electron chi connectivity index (χ0n) is 11.1. The lowest BCUT2D eigenvalue weighted by molar-refractivity contribution is 0.324. The van der Waals surface area contributed by atoms with Gasteiger partial charge in [0.2, 0.25) is 11.7 Å². The van der Waals surface area contributed by atoms with Crippen molar-refractivity contribution in [1.82, 2.24) is 15.5 Å². The Morgan fingerprint density at radius 2 is 2.15 bits per heavy atom. The topological polar surface area (TPSA) is 64.1 Å². The molecule has 4 rings (SSSR count). The zero-order chi connectivity index (χ0) is 12.7. The van der Waals surface area contributed by atoms with Gasteiger partial charge >= 0.3 is 0 Å². The van der Waals surface area contributed by atoms with Crippen LogP contribution >= 0.6 is 12.4 Å². The van der Waals surface area contributed by atoms with Crippen LogP contribution in [0.15, 0.2) is 27.3 Å². The summed E-state index contributed by atoms with van der Waals surface area (Å²) in [4.78, 5) is 4.46. The summed E-state index contributed by atoms with van der Waals surface area (Å²) >= 11 is 0. The Hall–Kier alpha value is -1.33. The first-order valence-electron chi connectivity index (χ1n) is 7.04. The van der Waals surface area contributed by atoms with Crippen LogP contribution in [0.2, 0.25) is 0 Å². The number of fused-ring (bicyclic) bond motifs is 1. The van der Waals surface area contributed by atoms with Crippen molar-refractivity contribution < 1.29 is 8.94 Å². The molecule has 5 nitrogen and oxygen atoms in total. The summed E-state index contributed by atoms with van der Waals surface area (Å²) in [6.45, 7) is 0. The van der Waals surface area contributed by atoms with Gasteiger partial charge in [0.25, 0.3) is 0 Å². The number of furan rings is 1. The molecule has 3 atom stereocenters. The smallest absolute Gasteiger partial charge is 0.244 e. The molecule has 20 heavy (non-hydrogen) atoms. The van der Waals surface area contributed by atoms with Gasteiger partial charge in [-0.1, -0.05) is 18.0 Å². The largest absolute Gasteiger partial charge is 0.461 e. The first kappa shape index (κ1) is 13.6. The minimum Gasteiger partial charge on any atom is -0.461 e. The molecule has 0 spiro atoms. The van der Waals surface area contributed by atoms with Gasteiger partial charge in [0.05, 0.1) is 12.3 Å². The summed E-state index contributed by atoms with van der Waals surface area (Å²) in [6, 6.07) is 4.52. The van der Waals surface area contributed by atoms with E-state index < -0.39 is 0 Å². The van der Waals surface area contributed by atoms with Crippen LogP contribution in [0.1, 0.15) is 44.0 Å². The van der Waals surface area contributed by atoms with Gasteiger partial charge in [-0.15, -0.1) is 12.4 Å². The molecule has 3 heterocycles. The van der Waals surface area contributed by atoms with Gasteiger partial charge in [-0.25, -0.2) is 0 Å². The van der Waals surface area contributed by atoms with Crippen molar-refractivity contribution in [1.29, 1.82) is 0 Å². The molecule has 1 aliphatic heterocycles. The maximum atomic E-state index is 5.39. The highest BCUT2D eigenvalue weighted by Crippen LogP contribution is 2.38. The fourth-order valence-corrected chi connectivity index (χ4v) is 3.39. The predicted molar refractivity (Wildman–Crippen MR) is 75.5 cm³/mol. The molecule has 1 saturated heterocycles. The van der Waals surface area contributed by atoms with Crippen molar-refractivity contribution in [2.75, 3.05) is 0 Å². The molecule has 2 aromatic heterocycles. The molecule has 1 aliphatic carbocycles. The van der Waals surface area contributed by atoms with E-state index in [1.165, 1.54) is 25.7 Å². The normalized spacial score (nSPS) is 28.9. The summed E-state index contributed by atoms with van der Waals surface area (Å²) < 4.78 is 10.7. The quantitative estimate of drug-likeness (QED) is 0.920. The predicted octanol–water partition coefficient (Wildman–Crippen LogP) is 3.34. The standard InChI is InChI=1S/C14H17N3O2.ClH/c1-2-5-10-9(4-1)8-11(15-10)14-16-13(17-19-14)12-6-3-7-18-12;/h3,6-7,9-11,15H,1-2,4-5,8H2;1H.